The molecule has 0 N–H and O–H groups in total. The number of hydrogen-bond acceptors (Lipinski definition) is 6. The van der Waals surface area contributed by atoms with Crippen molar-refractivity contribution in [2.75, 3.05) is 44.0 Å². The molecule has 0 aromatic carbocycles. The van der Waals surface area contributed by atoms with E-state index in [9.17, 15) is 0 Å². The fraction of sp³-hybridized carbons (Fsp3) is 0.562. The van der Waals surface area contributed by atoms with Gasteiger partial charge in [-0.05, 0) is 18.6 Å². The van der Waals surface area contributed by atoms with E-state index in [2.05, 4.69) is 38.0 Å². The lowest BCUT2D eigenvalue weighted by Crippen LogP contribution is -2.35. The minimum absolute atomic E-state index is 0.480. The van der Waals surface area contributed by atoms with Gasteiger partial charge in [0.1, 0.15) is 5.82 Å². The van der Waals surface area contributed by atoms with E-state index in [1.807, 2.05) is 49.2 Å². The van der Waals surface area contributed by atoms with E-state index in [0.29, 0.717) is 6.04 Å². The second kappa shape index (κ2) is 6.54. The van der Waals surface area contributed by atoms with Gasteiger partial charge in [-0.1, -0.05) is 0 Å². The first-order valence-electron chi connectivity index (χ1n) is 7.97. The molecule has 2 aromatic heterocycles. The van der Waals surface area contributed by atoms with E-state index in [0.717, 1.165) is 37.8 Å². The highest BCUT2D eigenvalue weighted by Gasteiger charge is 2.27. The number of hydrogen-bond donors (Lipinski definition) is 0. The van der Waals surface area contributed by atoms with E-state index in [1.165, 1.54) is 5.69 Å². The Kier molecular flexibility index (Phi) is 4.47. The maximum atomic E-state index is 4.64. The first-order chi connectivity index (χ1) is 11.0. The minimum atomic E-state index is 0.480. The Bertz CT molecular complexity index is 651. The van der Waals surface area contributed by atoms with Crippen molar-refractivity contribution in [1.29, 1.82) is 0 Å². The van der Waals surface area contributed by atoms with Gasteiger partial charge in [-0.2, -0.15) is 10.1 Å². The largest absolute Gasteiger partial charge is 0.355 e. The summed E-state index contributed by atoms with van der Waals surface area (Å²) in [5.74, 6) is 1.73. The summed E-state index contributed by atoms with van der Waals surface area (Å²) in [4.78, 5) is 15.6. The molecule has 0 aliphatic carbocycles. The van der Waals surface area contributed by atoms with Crippen molar-refractivity contribution < 1.29 is 0 Å². The molecule has 3 rings (SSSR count). The summed E-state index contributed by atoms with van der Waals surface area (Å²) in [7, 11) is 8.05. The molecule has 1 unspecified atom stereocenters. The van der Waals surface area contributed by atoms with Gasteiger partial charge in [-0.15, -0.1) is 0 Å². The zero-order valence-corrected chi connectivity index (χ0v) is 14.3. The Morgan fingerprint density at radius 3 is 2.74 bits per heavy atom. The van der Waals surface area contributed by atoms with Crippen LogP contribution in [0, 0.1) is 0 Å². The molecule has 1 aliphatic heterocycles. The van der Waals surface area contributed by atoms with Crippen molar-refractivity contribution in [3.8, 4) is 0 Å². The van der Waals surface area contributed by atoms with Crippen LogP contribution in [0.2, 0.25) is 0 Å². The minimum Gasteiger partial charge on any atom is -0.355 e. The summed E-state index contributed by atoms with van der Waals surface area (Å²) < 4.78 is 1.95. The number of nitrogens with zero attached hydrogens (tertiary/aromatic N) is 7. The highest BCUT2D eigenvalue weighted by atomic mass is 15.3. The van der Waals surface area contributed by atoms with Crippen molar-refractivity contribution in [1.82, 2.24) is 24.6 Å². The standard InChI is InChI=1S/C16H25N7/c1-20(2)16-17-8-6-15(19-16)21(3)13-7-10-23(11-13)12-14-5-9-18-22(14)4/h5-6,8-9,13H,7,10-12H2,1-4H3. The van der Waals surface area contributed by atoms with Crippen LogP contribution in [-0.2, 0) is 13.6 Å². The molecule has 1 saturated heterocycles. The summed E-state index contributed by atoms with van der Waals surface area (Å²) in [5.41, 5.74) is 1.25. The molecule has 23 heavy (non-hydrogen) atoms. The van der Waals surface area contributed by atoms with Crippen molar-refractivity contribution in [3.63, 3.8) is 0 Å². The maximum absolute atomic E-state index is 4.64. The smallest absolute Gasteiger partial charge is 0.226 e. The van der Waals surface area contributed by atoms with Crippen LogP contribution in [-0.4, -0.2) is 64.9 Å². The average molecular weight is 315 g/mol. The Morgan fingerprint density at radius 1 is 1.22 bits per heavy atom. The highest BCUT2D eigenvalue weighted by molar-refractivity contribution is 5.43. The normalized spacial score (nSPS) is 18.3. The van der Waals surface area contributed by atoms with Crippen molar-refractivity contribution >= 4 is 11.8 Å². The van der Waals surface area contributed by atoms with Crippen LogP contribution in [0.1, 0.15) is 12.1 Å². The molecular formula is C16H25N7. The lowest BCUT2D eigenvalue weighted by atomic mass is 10.2. The van der Waals surface area contributed by atoms with Gasteiger partial charge in [0.2, 0.25) is 5.95 Å². The molecule has 1 fully saturated rings. The first kappa shape index (κ1) is 15.7. The van der Waals surface area contributed by atoms with Crippen molar-refractivity contribution in [2.45, 2.75) is 19.0 Å². The SMILES string of the molecule is CN(C)c1nccc(N(C)C2CCN(Cc3ccnn3C)C2)n1. The molecule has 7 heteroatoms. The Hall–Kier alpha value is -2.15. The molecule has 0 spiro atoms. The van der Waals surface area contributed by atoms with E-state index in [4.69, 9.17) is 0 Å². The van der Waals surface area contributed by atoms with Crippen LogP contribution in [0.25, 0.3) is 0 Å². The Labute approximate surface area is 137 Å². The third-order valence-electron chi connectivity index (χ3n) is 4.49. The average Bonchev–Trinajstić information content (AvgIpc) is 3.17. The molecule has 1 atom stereocenters. The van der Waals surface area contributed by atoms with Crippen LogP contribution in [0.5, 0.6) is 0 Å². The van der Waals surface area contributed by atoms with Gasteiger partial charge in [-0.3, -0.25) is 9.58 Å². The fourth-order valence-corrected chi connectivity index (χ4v) is 3.00. The van der Waals surface area contributed by atoms with Crippen LogP contribution in [0.3, 0.4) is 0 Å². The van der Waals surface area contributed by atoms with Gasteiger partial charge >= 0.3 is 0 Å². The van der Waals surface area contributed by atoms with E-state index >= 15 is 0 Å². The summed E-state index contributed by atoms with van der Waals surface area (Å²) in [6.07, 6.45) is 4.84. The topological polar surface area (TPSA) is 53.3 Å². The van der Waals surface area contributed by atoms with Crippen molar-refractivity contribution in [3.05, 3.63) is 30.2 Å². The third-order valence-corrected chi connectivity index (χ3v) is 4.49. The predicted octanol–water partition coefficient (Wildman–Crippen LogP) is 0.987. The van der Waals surface area contributed by atoms with E-state index in [-0.39, 0.29) is 0 Å². The van der Waals surface area contributed by atoms with Crippen LogP contribution >= 0.6 is 0 Å². The molecule has 0 bridgehead atoms. The first-order valence-corrected chi connectivity index (χ1v) is 7.97. The molecule has 3 heterocycles. The van der Waals surface area contributed by atoms with Crippen LogP contribution < -0.4 is 9.80 Å². The zero-order valence-electron chi connectivity index (χ0n) is 14.3. The second-order valence-corrected chi connectivity index (χ2v) is 6.34. The van der Waals surface area contributed by atoms with Gasteiger partial charge in [0.05, 0.1) is 5.69 Å². The van der Waals surface area contributed by atoms with Gasteiger partial charge in [0.25, 0.3) is 0 Å². The molecule has 0 amide bonds. The highest BCUT2D eigenvalue weighted by Crippen LogP contribution is 2.22. The van der Waals surface area contributed by atoms with Gasteiger partial charge in [0.15, 0.2) is 0 Å². The summed E-state index contributed by atoms with van der Waals surface area (Å²) in [5, 5.41) is 4.24. The number of rotatable bonds is 5. The number of anilines is 2. The molecule has 124 valence electrons. The quantitative estimate of drug-likeness (QED) is 0.820. The maximum Gasteiger partial charge on any atom is 0.226 e. The molecule has 2 aromatic rings. The molecule has 1 aliphatic rings. The van der Waals surface area contributed by atoms with Gasteiger partial charge in [-0.25, -0.2) is 4.98 Å². The predicted molar refractivity (Wildman–Crippen MR) is 91.7 cm³/mol. The van der Waals surface area contributed by atoms with Crippen molar-refractivity contribution in [2.24, 2.45) is 7.05 Å². The number of likely N-dealkylation sites (tertiary alicyclic amines) is 1. The number of likely N-dealkylation sites (N-methyl/N-ethyl adjacent to an activating group) is 1. The fourth-order valence-electron chi connectivity index (χ4n) is 3.00. The summed E-state index contributed by atoms with van der Waals surface area (Å²) in [6, 6.07) is 4.55. The Balaban J connectivity index is 1.64. The monoisotopic (exact) mass is 315 g/mol. The lowest BCUT2D eigenvalue weighted by molar-refractivity contribution is 0.316. The number of aryl methyl sites for hydroxylation is 1. The van der Waals surface area contributed by atoms with Gasteiger partial charge in [0, 0.05) is 66.3 Å². The summed E-state index contributed by atoms with van der Waals surface area (Å²) >= 11 is 0. The molecule has 0 saturated carbocycles. The van der Waals surface area contributed by atoms with E-state index in [1.54, 1.807) is 0 Å². The van der Waals surface area contributed by atoms with Crippen LogP contribution in [0.15, 0.2) is 24.5 Å². The second-order valence-electron chi connectivity index (χ2n) is 6.34. The Morgan fingerprint density at radius 2 is 2.04 bits per heavy atom. The number of aromatic nitrogens is 4. The molecule has 0 radical (unpaired) electrons. The third kappa shape index (κ3) is 3.44. The summed E-state index contributed by atoms with van der Waals surface area (Å²) in [6.45, 7) is 3.10. The van der Waals surface area contributed by atoms with Crippen LogP contribution in [0.4, 0.5) is 11.8 Å². The van der Waals surface area contributed by atoms with Gasteiger partial charge < -0.3 is 9.80 Å². The molecule has 7 nitrogen and oxygen atoms in total. The molecular weight excluding hydrogens is 290 g/mol. The zero-order chi connectivity index (χ0) is 16.4. The lowest BCUT2D eigenvalue weighted by Gasteiger charge is -2.26. The van der Waals surface area contributed by atoms with E-state index < -0.39 is 0 Å².